The Bertz CT molecular complexity index is 526. The molecule has 3 nitrogen and oxygen atoms in total. The molecule has 1 aliphatic carbocycles. The number of isocyanates is 1. The third-order valence-electron chi connectivity index (χ3n) is 4.44. The van der Waals surface area contributed by atoms with Gasteiger partial charge in [0, 0.05) is 0 Å². The molecule has 0 spiro atoms. The number of carbonyl (C=O) groups excluding carboxylic acids is 1. The van der Waals surface area contributed by atoms with E-state index in [-0.39, 0.29) is 5.54 Å². The number of aliphatic imine (C=N–C) groups is 1. The summed E-state index contributed by atoms with van der Waals surface area (Å²) in [7, 11) is 0. The third kappa shape index (κ3) is 2.19. The summed E-state index contributed by atoms with van der Waals surface area (Å²) in [6.07, 6.45) is 8.36. The molecule has 19 heavy (non-hydrogen) atoms. The Balaban J connectivity index is 1.99. The Morgan fingerprint density at radius 1 is 1.37 bits per heavy atom. The second-order valence-corrected chi connectivity index (χ2v) is 5.73. The summed E-state index contributed by atoms with van der Waals surface area (Å²) in [6.45, 7) is 2.10. The van der Waals surface area contributed by atoms with E-state index in [0.717, 1.165) is 49.8 Å². The Hall–Kier alpha value is -1.60. The maximum absolute atomic E-state index is 10.8. The average Bonchev–Trinajstić information content (AvgIpc) is 2.88. The summed E-state index contributed by atoms with van der Waals surface area (Å²) in [5.41, 5.74) is 2.09. The maximum Gasteiger partial charge on any atom is 0.235 e. The predicted octanol–water partition coefficient (Wildman–Crippen LogP) is 3.51. The van der Waals surface area contributed by atoms with E-state index < -0.39 is 0 Å². The molecule has 100 valence electrons. The third-order valence-corrected chi connectivity index (χ3v) is 4.44. The van der Waals surface area contributed by atoms with Gasteiger partial charge in [0.05, 0.1) is 11.6 Å². The van der Waals surface area contributed by atoms with Crippen LogP contribution >= 0.6 is 0 Å². The highest BCUT2D eigenvalue weighted by Crippen LogP contribution is 2.43. The summed E-state index contributed by atoms with van der Waals surface area (Å²) in [4.78, 5) is 14.9. The molecule has 0 saturated heterocycles. The standard InChI is InChI=1S/C16H19NO2/c1-12-4-5-13-10-14(6-7-15(13)19-12)16(17-11-18)8-2-3-9-16/h6-7,10,12H,2-5,8-9H2,1H3. The van der Waals surface area contributed by atoms with Gasteiger partial charge in [0.25, 0.3) is 0 Å². The zero-order chi connectivity index (χ0) is 13.3. The van der Waals surface area contributed by atoms with Crippen molar-refractivity contribution < 1.29 is 9.53 Å². The number of hydrogen-bond donors (Lipinski definition) is 0. The largest absolute Gasteiger partial charge is 0.490 e. The normalized spacial score (nSPS) is 24.2. The van der Waals surface area contributed by atoms with Crippen molar-refractivity contribution in [2.75, 3.05) is 0 Å². The zero-order valence-corrected chi connectivity index (χ0v) is 11.3. The van der Waals surface area contributed by atoms with Gasteiger partial charge in [-0.05, 0) is 55.9 Å². The van der Waals surface area contributed by atoms with Crippen molar-refractivity contribution in [2.45, 2.75) is 57.1 Å². The highest BCUT2D eigenvalue weighted by molar-refractivity contribution is 5.44. The minimum Gasteiger partial charge on any atom is -0.490 e. The van der Waals surface area contributed by atoms with Gasteiger partial charge in [-0.1, -0.05) is 18.9 Å². The van der Waals surface area contributed by atoms with Gasteiger partial charge < -0.3 is 4.74 Å². The summed E-state index contributed by atoms with van der Waals surface area (Å²) in [6, 6.07) is 6.30. The average molecular weight is 257 g/mol. The highest BCUT2D eigenvalue weighted by atomic mass is 16.5. The predicted molar refractivity (Wildman–Crippen MR) is 73.1 cm³/mol. The van der Waals surface area contributed by atoms with E-state index >= 15 is 0 Å². The molecular weight excluding hydrogens is 238 g/mol. The Labute approximate surface area is 113 Å². The molecule has 1 saturated carbocycles. The van der Waals surface area contributed by atoms with Crippen LogP contribution in [0.4, 0.5) is 0 Å². The molecule has 0 N–H and O–H groups in total. The fraction of sp³-hybridized carbons (Fsp3) is 0.562. The number of benzene rings is 1. The topological polar surface area (TPSA) is 38.7 Å². The molecule has 3 heteroatoms. The van der Waals surface area contributed by atoms with Crippen LogP contribution in [0.3, 0.4) is 0 Å². The van der Waals surface area contributed by atoms with Crippen LogP contribution in [0.15, 0.2) is 23.2 Å². The van der Waals surface area contributed by atoms with Crippen molar-refractivity contribution in [3.8, 4) is 5.75 Å². The van der Waals surface area contributed by atoms with Gasteiger partial charge in [-0.3, -0.25) is 0 Å². The number of nitrogens with zero attached hydrogens (tertiary/aromatic N) is 1. The lowest BCUT2D eigenvalue weighted by Gasteiger charge is -2.27. The van der Waals surface area contributed by atoms with Crippen molar-refractivity contribution in [3.63, 3.8) is 0 Å². The molecule has 1 fully saturated rings. The molecule has 1 aromatic rings. The van der Waals surface area contributed by atoms with E-state index in [1.54, 1.807) is 6.08 Å². The zero-order valence-electron chi connectivity index (χ0n) is 11.3. The van der Waals surface area contributed by atoms with Gasteiger partial charge in [-0.25, -0.2) is 4.79 Å². The molecule has 1 unspecified atom stereocenters. The van der Waals surface area contributed by atoms with E-state index in [4.69, 9.17) is 4.74 Å². The first-order chi connectivity index (χ1) is 9.23. The van der Waals surface area contributed by atoms with Gasteiger partial charge in [-0.15, -0.1) is 0 Å². The first-order valence-electron chi connectivity index (χ1n) is 7.13. The second-order valence-electron chi connectivity index (χ2n) is 5.73. The van der Waals surface area contributed by atoms with Crippen LogP contribution in [0.25, 0.3) is 0 Å². The molecule has 0 radical (unpaired) electrons. The van der Waals surface area contributed by atoms with Crippen molar-refractivity contribution in [2.24, 2.45) is 4.99 Å². The van der Waals surface area contributed by atoms with Crippen molar-refractivity contribution >= 4 is 6.08 Å². The maximum atomic E-state index is 10.8. The minimum absolute atomic E-state index is 0.298. The molecule has 1 heterocycles. The summed E-state index contributed by atoms with van der Waals surface area (Å²) in [5, 5.41) is 0. The van der Waals surface area contributed by atoms with Gasteiger partial charge in [0.2, 0.25) is 6.08 Å². The van der Waals surface area contributed by atoms with Crippen LogP contribution in [0.2, 0.25) is 0 Å². The molecule has 2 aliphatic rings. The van der Waals surface area contributed by atoms with E-state index in [0.29, 0.717) is 6.10 Å². The number of ether oxygens (including phenoxy) is 1. The second kappa shape index (κ2) is 4.82. The number of hydrogen-bond acceptors (Lipinski definition) is 3. The van der Waals surface area contributed by atoms with Crippen molar-refractivity contribution in [1.29, 1.82) is 0 Å². The molecule has 1 aromatic carbocycles. The van der Waals surface area contributed by atoms with Gasteiger partial charge in [-0.2, -0.15) is 4.99 Å². The van der Waals surface area contributed by atoms with E-state index in [1.807, 2.05) is 6.07 Å². The molecule has 1 aliphatic heterocycles. The van der Waals surface area contributed by atoms with Crippen LogP contribution in [-0.2, 0) is 16.8 Å². The SMILES string of the molecule is CC1CCc2cc(C3(N=C=O)CCCC3)ccc2O1. The Morgan fingerprint density at radius 3 is 2.89 bits per heavy atom. The lowest BCUT2D eigenvalue weighted by atomic mass is 9.86. The molecule has 0 bridgehead atoms. The van der Waals surface area contributed by atoms with Crippen LogP contribution in [0, 0.1) is 0 Å². The summed E-state index contributed by atoms with van der Waals surface area (Å²) >= 11 is 0. The fourth-order valence-electron chi connectivity index (χ4n) is 3.33. The highest BCUT2D eigenvalue weighted by Gasteiger charge is 2.36. The Morgan fingerprint density at radius 2 is 2.16 bits per heavy atom. The molecule has 0 amide bonds. The molecule has 0 aromatic heterocycles. The number of aryl methyl sites for hydroxylation is 1. The summed E-state index contributed by atoms with van der Waals surface area (Å²) < 4.78 is 5.83. The molecule has 3 rings (SSSR count). The smallest absolute Gasteiger partial charge is 0.235 e. The van der Waals surface area contributed by atoms with Crippen LogP contribution in [0.1, 0.15) is 50.2 Å². The van der Waals surface area contributed by atoms with Crippen molar-refractivity contribution in [3.05, 3.63) is 29.3 Å². The monoisotopic (exact) mass is 257 g/mol. The van der Waals surface area contributed by atoms with Gasteiger partial charge in [0.15, 0.2) is 0 Å². The van der Waals surface area contributed by atoms with E-state index in [1.165, 1.54) is 5.56 Å². The number of fused-ring (bicyclic) bond motifs is 1. The van der Waals surface area contributed by atoms with Gasteiger partial charge in [0.1, 0.15) is 5.75 Å². The molecular formula is C16H19NO2. The van der Waals surface area contributed by atoms with Crippen molar-refractivity contribution in [1.82, 2.24) is 0 Å². The number of rotatable bonds is 2. The fourth-order valence-corrected chi connectivity index (χ4v) is 3.33. The van der Waals surface area contributed by atoms with E-state index in [9.17, 15) is 4.79 Å². The molecule has 1 atom stereocenters. The quantitative estimate of drug-likeness (QED) is 0.600. The van der Waals surface area contributed by atoms with Crippen LogP contribution in [-0.4, -0.2) is 12.2 Å². The van der Waals surface area contributed by atoms with Crippen LogP contribution < -0.4 is 4.74 Å². The first-order valence-corrected chi connectivity index (χ1v) is 7.13. The first kappa shape index (κ1) is 12.4. The lowest BCUT2D eigenvalue weighted by Crippen LogP contribution is -2.22. The lowest BCUT2D eigenvalue weighted by molar-refractivity contribution is 0.192. The van der Waals surface area contributed by atoms with Crippen LogP contribution in [0.5, 0.6) is 5.75 Å². The minimum atomic E-state index is -0.320. The van der Waals surface area contributed by atoms with E-state index in [2.05, 4.69) is 24.0 Å². The Kier molecular flexibility index (Phi) is 3.16. The summed E-state index contributed by atoms with van der Waals surface area (Å²) in [5.74, 6) is 0.991. The van der Waals surface area contributed by atoms with Gasteiger partial charge >= 0.3 is 0 Å².